The summed E-state index contributed by atoms with van der Waals surface area (Å²) in [6.07, 6.45) is 7.37. The number of hydrogen-bond acceptors (Lipinski definition) is 1. The van der Waals surface area contributed by atoms with Gasteiger partial charge in [-0.2, -0.15) is 0 Å². The van der Waals surface area contributed by atoms with E-state index in [9.17, 15) is 0 Å². The molecule has 1 saturated carbocycles. The Kier molecular flexibility index (Phi) is 4.24. The number of rotatable bonds is 0. The van der Waals surface area contributed by atoms with Gasteiger partial charge in [-0.25, -0.2) is 0 Å². The van der Waals surface area contributed by atoms with Gasteiger partial charge in [0.05, 0.1) is 0 Å². The number of allylic oxidation sites excluding steroid dienone is 2. The number of hydrogen-bond donors (Lipinski definition) is 1. The molecule has 2 atom stereocenters. The average Bonchev–Trinajstić information content (AvgIpc) is 2.93. The summed E-state index contributed by atoms with van der Waals surface area (Å²) in [5.74, 6) is 1.88. The van der Waals surface area contributed by atoms with Crippen molar-refractivity contribution in [3.05, 3.63) is 23.4 Å². The zero-order valence-corrected chi connectivity index (χ0v) is 9.93. The molecule has 2 aliphatic carbocycles. The fourth-order valence-electron chi connectivity index (χ4n) is 2.18. The monoisotopic (exact) mass is 193 g/mol. The summed E-state index contributed by atoms with van der Waals surface area (Å²) in [6.45, 7) is 9.18. The smallest absolute Gasteiger partial charge is 0.0332 e. The van der Waals surface area contributed by atoms with Crippen LogP contribution in [-0.4, -0.2) is 6.54 Å². The molecule has 1 heterocycles. The van der Waals surface area contributed by atoms with Gasteiger partial charge < -0.3 is 5.32 Å². The molecule has 0 aromatic rings. The highest BCUT2D eigenvalue weighted by Crippen LogP contribution is 2.50. The van der Waals surface area contributed by atoms with Crippen molar-refractivity contribution < 1.29 is 0 Å². The van der Waals surface area contributed by atoms with Crippen LogP contribution in [0.25, 0.3) is 0 Å². The Bertz CT molecular complexity index is 238. The van der Waals surface area contributed by atoms with Crippen LogP contribution in [0.4, 0.5) is 0 Å². The standard InChI is InChI=1S/C9H11N.2C2H6/c1-2-9-7(3-4-10-9)8-5-6(1)8;2*1-2/h1-2,6,8,10H,3-5H2;2*1-2H3/t6-,8?;;/m0../s1. The first-order valence-corrected chi connectivity index (χ1v) is 6.10. The summed E-state index contributed by atoms with van der Waals surface area (Å²) in [6, 6.07) is 0. The van der Waals surface area contributed by atoms with Crippen LogP contribution in [-0.2, 0) is 0 Å². The molecule has 1 N–H and O–H groups in total. The molecule has 1 heteroatoms. The zero-order chi connectivity index (χ0) is 10.6. The number of fused-ring (bicyclic) bond motifs is 2. The Morgan fingerprint density at radius 3 is 2.64 bits per heavy atom. The second kappa shape index (κ2) is 5.23. The molecular weight excluding hydrogens is 170 g/mol. The van der Waals surface area contributed by atoms with Crippen molar-refractivity contribution in [2.45, 2.75) is 40.5 Å². The van der Waals surface area contributed by atoms with E-state index in [4.69, 9.17) is 0 Å². The van der Waals surface area contributed by atoms with Gasteiger partial charge in [-0.1, -0.05) is 33.8 Å². The molecule has 3 rings (SSSR count). The van der Waals surface area contributed by atoms with Crippen molar-refractivity contribution in [3.8, 4) is 0 Å². The lowest BCUT2D eigenvalue weighted by Crippen LogP contribution is -2.05. The lowest BCUT2D eigenvalue weighted by atomic mass is 10.0. The normalized spacial score (nSPS) is 30.0. The van der Waals surface area contributed by atoms with E-state index in [1.165, 1.54) is 25.1 Å². The van der Waals surface area contributed by atoms with E-state index in [1.807, 2.05) is 27.7 Å². The van der Waals surface area contributed by atoms with Gasteiger partial charge in [-0.05, 0) is 36.3 Å². The molecular formula is C13H23N. The van der Waals surface area contributed by atoms with E-state index in [0.29, 0.717) is 0 Å². The fraction of sp³-hybridized carbons (Fsp3) is 0.692. The highest BCUT2D eigenvalue weighted by Gasteiger charge is 2.41. The van der Waals surface area contributed by atoms with Gasteiger partial charge in [0, 0.05) is 12.2 Å². The first-order chi connectivity index (χ1) is 6.95. The maximum absolute atomic E-state index is 3.41. The maximum Gasteiger partial charge on any atom is 0.0332 e. The molecule has 0 saturated heterocycles. The third-order valence-corrected chi connectivity index (χ3v) is 2.85. The molecule has 0 bridgehead atoms. The summed E-state index contributed by atoms with van der Waals surface area (Å²) in [5.41, 5.74) is 3.16. The van der Waals surface area contributed by atoms with Crippen molar-refractivity contribution in [3.63, 3.8) is 0 Å². The minimum Gasteiger partial charge on any atom is -0.385 e. The van der Waals surface area contributed by atoms with Crippen molar-refractivity contribution in [1.82, 2.24) is 5.32 Å². The third kappa shape index (κ3) is 2.02. The number of nitrogens with one attached hydrogen (secondary N) is 1. The van der Waals surface area contributed by atoms with Crippen LogP contribution in [0.1, 0.15) is 40.5 Å². The second-order valence-electron chi connectivity index (χ2n) is 3.48. The van der Waals surface area contributed by atoms with Gasteiger partial charge in [-0.3, -0.25) is 0 Å². The average molecular weight is 193 g/mol. The summed E-state index contributed by atoms with van der Waals surface area (Å²) in [7, 11) is 0. The van der Waals surface area contributed by atoms with Gasteiger partial charge in [-0.15, -0.1) is 0 Å². The topological polar surface area (TPSA) is 12.0 Å². The van der Waals surface area contributed by atoms with Crippen LogP contribution in [0, 0.1) is 11.8 Å². The predicted molar refractivity (Wildman–Crippen MR) is 63.1 cm³/mol. The van der Waals surface area contributed by atoms with E-state index >= 15 is 0 Å². The highest BCUT2D eigenvalue weighted by molar-refractivity contribution is 5.39. The van der Waals surface area contributed by atoms with Gasteiger partial charge in [0.2, 0.25) is 0 Å². The summed E-state index contributed by atoms with van der Waals surface area (Å²) < 4.78 is 0. The van der Waals surface area contributed by atoms with Crippen molar-refractivity contribution in [2.24, 2.45) is 11.8 Å². The summed E-state index contributed by atoms with van der Waals surface area (Å²) >= 11 is 0. The van der Waals surface area contributed by atoms with Crippen LogP contribution in [0.2, 0.25) is 0 Å². The Hall–Kier alpha value is -0.720. The highest BCUT2D eigenvalue weighted by atomic mass is 14.9. The lowest BCUT2D eigenvalue weighted by Gasteiger charge is -2.05. The molecule has 0 spiro atoms. The van der Waals surface area contributed by atoms with Crippen molar-refractivity contribution in [2.75, 3.05) is 6.54 Å². The van der Waals surface area contributed by atoms with Gasteiger partial charge in [0.15, 0.2) is 0 Å². The maximum atomic E-state index is 3.41. The molecule has 3 aliphatic rings. The zero-order valence-electron chi connectivity index (χ0n) is 9.93. The minimum atomic E-state index is 0.929. The SMILES string of the molecule is C1=C[C@H]2CC2C2=C1NCC2.CC.CC. The molecule has 0 aromatic carbocycles. The van der Waals surface area contributed by atoms with Crippen LogP contribution in [0.15, 0.2) is 23.4 Å². The molecule has 0 radical (unpaired) electrons. The Balaban J connectivity index is 0.000000222. The van der Waals surface area contributed by atoms with E-state index in [-0.39, 0.29) is 0 Å². The molecule has 1 unspecified atom stereocenters. The van der Waals surface area contributed by atoms with E-state index in [0.717, 1.165) is 11.8 Å². The molecule has 0 aromatic heterocycles. The molecule has 0 amide bonds. The Morgan fingerprint density at radius 1 is 1.21 bits per heavy atom. The largest absolute Gasteiger partial charge is 0.385 e. The molecule has 1 aliphatic heterocycles. The van der Waals surface area contributed by atoms with Crippen molar-refractivity contribution in [1.29, 1.82) is 0 Å². The Morgan fingerprint density at radius 2 is 1.93 bits per heavy atom. The lowest BCUT2D eigenvalue weighted by molar-refractivity contribution is 0.846. The van der Waals surface area contributed by atoms with Crippen LogP contribution in [0.5, 0.6) is 0 Å². The van der Waals surface area contributed by atoms with E-state index < -0.39 is 0 Å². The van der Waals surface area contributed by atoms with E-state index in [2.05, 4.69) is 17.5 Å². The predicted octanol–water partition coefficient (Wildman–Crippen LogP) is 3.49. The quantitative estimate of drug-likeness (QED) is 0.621. The molecule has 80 valence electrons. The van der Waals surface area contributed by atoms with Gasteiger partial charge >= 0.3 is 0 Å². The molecule has 14 heavy (non-hydrogen) atoms. The summed E-state index contributed by atoms with van der Waals surface area (Å²) in [5, 5.41) is 3.41. The van der Waals surface area contributed by atoms with Gasteiger partial charge in [0.25, 0.3) is 0 Å². The summed E-state index contributed by atoms with van der Waals surface area (Å²) in [4.78, 5) is 0. The van der Waals surface area contributed by atoms with Gasteiger partial charge in [0.1, 0.15) is 0 Å². The fourth-order valence-corrected chi connectivity index (χ4v) is 2.18. The van der Waals surface area contributed by atoms with Crippen molar-refractivity contribution >= 4 is 0 Å². The Labute approximate surface area is 88.3 Å². The van der Waals surface area contributed by atoms with Crippen LogP contribution >= 0.6 is 0 Å². The van der Waals surface area contributed by atoms with E-state index in [1.54, 1.807) is 5.57 Å². The molecule has 1 nitrogen and oxygen atoms in total. The minimum absolute atomic E-state index is 0.929. The second-order valence-corrected chi connectivity index (χ2v) is 3.48. The molecule has 1 fully saturated rings. The van der Waals surface area contributed by atoms with Crippen LogP contribution in [0.3, 0.4) is 0 Å². The first-order valence-electron chi connectivity index (χ1n) is 6.10. The first kappa shape index (κ1) is 11.4. The third-order valence-electron chi connectivity index (χ3n) is 2.85. The van der Waals surface area contributed by atoms with Crippen LogP contribution < -0.4 is 5.32 Å².